The molecule has 0 unspecified atom stereocenters. The quantitative estimate of drug-likeness (QED) is 0.736. The van der Waals surface area contributed by atoms with E-state index in [0.29, 0.717) is 5.56 Å². The molecule has 0 aromatic heterocycles. The number of halogens is 1. The van der Waals surface area contributed by atoms with E-state index >= 15 is 0 Å². The van der Waals surface area contributed by atoms with Crippen molar-refractivity contribution in [3.05, 3.63) is 29.8 Å². The van der Waals surface area contributed by atoms with E-state index in [9.17, 15) is 13.2 Å². The van der Waals surface area contributed by atoms with E-state index in [4.69, 9.17) is 0 Å². The SMILES string of the molecule is O=C1c2ccccc2S(=O)(=O)N1[C@H]1CCCC[C@@H]1Br. The molecule has 102 valence electrons. The fourth-order valence-electron chi connectivity index (χ4n) is 2.86. The van der Waals surface area contributed by atoms with E-state index in [-0.39, 0.29) is 21.7 Å². The van der Waals surface area contributed by atoms with Gasteiger partial charge in [-0.15, -0.1) is 0 Å². The number of sulfonamides is 1. The summed E-state index contributed by atoms with van der Waals surface area (Å²) in [6.45, 7) is 0. The number of rotatable bonds is 1. The van der Waals surface area contributed by atoms with Crippen molar-refractivity contribution >= 4 is 31.9 Å². The van der Waals surface area contributed by atoms with Gasteiger partial charge in [-0.3, -0.25) is 4.79 Å². The third-order valence-corrected chi connectivity index (χ3v) is 6.74. The van der Waals surface area contributed by atoms with Crippen molar-refractivity contribution < 1.29 is 13.2 Å². The first-order valence-corrected chi connectivity index (χ1v) is 8.71. The molecular weight excluding hydrogens is 330 g/mol. The van der Waals surface area contributed by atoms with E-state index in [2.05, 4.69) is 15.9 Å². The summed E-state index contributed by atoms with van der Waals surface area (Å²) in [7, 11) is -3.67. The standard InChI is InChI=1S/C13H14BrNO3S/c14-10-6-2-3-7-11(10)15-13(16)9-5-1-4-8-12(9)19(15,17)18/h1,4-5,8,10-11H,2-3,6-7H2/t10-,11-/m0/s1. The van der Waals surface area contributed by atoms with Crippen LogP contribution in [0.15, 0.2) is 29.2 Å². The third-order valence-electron chi connectivity index (χ3n) is 3.80. The van der Waals surface area contributed by atoms with Crippen molar-refractivity contribution in [3.8, 4) is 0 Å². The second kappa shape index (κ2) is 4.59. The zero-order valence-electron chi connectivity index (χ0n) is 10.3. The summed E-state index contributed by atoms with van der Waals surface area (Å²) in [4.78, 5) is 12.6. The molecule has 2 aliphatic rings. The second-order valence-electron chi connectivity index (χ2n) is 4.97. The van der Waals surface area contributed by atoms with Gasteiger partial charge < -0.3 is 0 Å². The number of benzene rings is 1. The van der Waals surface area contributed by atoms with Gasteiger partial charge in [0.1, 0.15) is 4.90 Å². The lowest BCUT2D eigenvalue weighted by Gasteiger charge is -2.33. The van der Waals surface area contributed by atoms with E-state index < -0.39 is 10.0 Å². The number of hydrogen-bond acceptors (Lipinski definition) is 3. The van der Waals surface area contributed by atoms with Crippen molar-refractivity contribution in [3.63, 3.8) is 0 Å². The van der Waals surface area contributed by atoms with Gasteiger partial charge in [-0.05, 0) is 25.0 Å². The highest BCUT2D eigenvalue weighted by Gasteiger charge is 2.46. The van der Waals surface area contributed by atoms with Crippen LogP contribution in [-0.2, 0) is 10.0 Å². The highest BCUT2D eigenvalue weighted by molar-refractivity contribution is 9.09. The molecule has 1 aromatic carbocycles. The first-order valence-electron chi connectivity index (χ1n) is 6.35. The number of amides is 1. The molecule has 19 heavy (non-hydrogen) atoms. The Balaban J connectivity index is 2.07. The maximum atomic E-state index is 12.5. The average Bonchev–Trinajstić information content (AvgIpc) is 2.60. The van der Waals surface area contributed by atoms with Gasteiger partial charge in [-0.2, -0.15) is 0 Å². The molecule has 0 radical (unpaired) electrons. The van der Waals surface area contributed by atoms with Gasteiger partial charge >= 0.3 is 0 Å². The highest BCUT2D eigenvalue weighted by Crippen LogP contribution is 2.38. The summed E-state index contributed by atoms with van der Waals surface area (Å²) in [6, 6.07) is 6.18. The Morgan fingerprint density at radius 2 is 1.84 bits per heavy atom. The summed E-state index contributed by atoms with van der Waals surface area (Å²) in [6.07, 6.45) is 3.67. The first kappa shape index (κ1) is 13.1. The maximum absolute atomic E-state index is 12.5. The molecule has 1 amide bonds. The maximum Gasteiger partial charge on any atom is 0.269 e. The fourth-order valence-corrected chi connectivity index (χ4v) is 5.66. The molecule has 1 saturated carbocycles. The van der Waals surface area contributed by atoms with Crippen LogP contribution in [0.3, 0.4) is 0 Å². The summed E-state index contributed by atoms with van der Waals surface area (Å²) < 4.78 is 26.1. The summed E-state index contributed by atoms with van der Waals surface area (Å²) in [5, 5.41) is 0. The van der Waals surface area contributed by atoms with Crippen LogP contribution in [0.1, 0.15) is 36.0 Å². The molecule has 0 spiro atoms. The molecule has 6 heteroatoms. The molecule has 1 aliphatic carbocycles. The molecule has 2 atom stereocenters. The summed E-state index contributed by atoms with van der Waals surface area (Å²) >= 11 is 3.53. The van der Waals surface area contributed by atoms with Gasteiger partial charge in [0.15, 0.2) is 0 Å². The van der Waals surface area contributed by atoms with Gasteiger partial charge in [-0.25, -0.2) is 12.7 Å². The predicted molar refractivity (Wildman–Crippen MR) is 74.8 cm³/mol. The number of hydrogen-bond donors (Lipinski definition) is 0. The second-order valence-corrected chi connectivity index (χ2v) is 7.93. The van der Waals surface area contributed by atoms with Crippen LogP contribution in [0.5, 0.6) is 0 Å². The van der Waals surface area contributed by atoms with Crippen molar-refractivity contribution in [2.75, 3.05) is 0 Å². The lowest BCUT2D eigenvalue weighted by molar-refractivity contribution is 0.0815. The number of carbonyl (C=O) groups excluding carboxylic acids is 1. The Kier molecular flexibility index (Phi) is 3.17. The van der Waals surface area contributed by atoms with Crippen LogP contribution < -0.4 is 0 Å². The van der Waals surface area contributed by atoms with Gasteiger partial charge in [0.25, 0.3) is 15.9 Å². The number of fused-ring (bicyclic) bond motifs is 1. The molecule has 3 rings (SSSR count). The summed E-state index contributed by atoms with van der Waals surface area (Å²) in [5.74, 6) is -0.382. The Morgan fingerprint density at radius 3 is 2.53 bits per heavy atom. The molecular formula is C13H14BrNO3S. The minimum atomic E-state index is -3.67. The van der Waals surface area contributed by atoms with E-state index in [0.717, 1.165) is 30.0 Å². The van der Waals surface area contributed by atoms with Gasteiger partial charge in [0.2, 0.25) is 0 Å². The Hall–Kier alpha value is -0.880. The summed E-state index contributed by atoms with van der Waals surface area (Å²) in [5.41, 5.74) is 0.299. The number of carbonyl (C=O) groups is 1. The Labute approximate surface area is 121 Å². The van der Waals surface area contributed by atoms with E-state index in [1.807, 2.05) is 0 Å². The van der Waals surface area contributed by atoms with Crippen molar-refractivity contribution in [1.29, 1.82) is 0 Å². The van der Waals surface area contributed by atoms with Crippen LogP contribution in [0, 0.1) is 0 Å². The van der Waals surface area contributed by atoms with Crippen LogP contribution >= 0.6 is 15.9 Å². The number of nitrogens with zero attached hydrogens (tertiary/aromatic N) is 1. The molecule has 0 bridgehead atoms. The lowest BCUT2D eigenvalue weighted by Crippen LogP contribution is -2.46. The monoisotopic (exact) mass is 343 g/mol. The van der Waals surface area contributed by atoms with Gasteiger partial charge in [-0.1, -0.05) is 40.9 Å². The molecule has 1 heterocycles. The topological polar surface area (TPSA) is 54.5 Å². The van der Waals surface area contributed by atoms with Crippen LogP contribution in [0.2, 0.25) is 0 Å². The van der Waals surface area contributed by atoms with Crippen molar-refractivity contribution in [1.82, 2.24) is 4.31 Å². The zero-order chi connectivity index (χ0) is 13.6. The molecule has 1 aliphatic heterocycles. The largest absolute Gasteiger partial charge is 0.269 e. The highest BCUT2D eigenvalue weighted by atomic mass is 79.9. The van der Waals surface area contributed by atoms with Crippen LogP contribution in [0.25, 0.3) is 0 Å². The minimum absolute atomic E-state index is 0.0503. The van der Waals surface area contributed by atoms with Crippen LogP contribution in [-0.4, -0.2) is 29.5 Å². The molecule has 4 nitrogen and oxygen atoms in total. The minimum Gasteiger partial charge on any atom is -0.268 e. The lowest BCUT2D eigenvalue weighted by atomic mass is 9.95. The third kappa shape index (κ3) is 1.92. The molecule has 0 saturated heterocycles. The molecule has 0 N–H and O–H groups in total. The molecule has 1 fully saturated rings. The van der Waals surface area contributed by atoms with Crippen LogP contribution in [0.4, 0.5) is 0 Å². The normalized spacial score (nSPS) is 29.3. The van der Waals surface area contributed by atoms with Crippen molar-refractivity contribution in [2.45, 2.75) is 41.4 Å². The molecule has 1 aromatic rings. The number of alkyl halides is 1. The fraction of sp³-hybridized carbons (Fsp3) is 0.462. The predicted octanol–water partition coefficient (Wildman–Crippen LogP) is 2.54. The smallest absolute Gasteiger partial charge is 0.268 e. The van der Waals surface area contributed by atoms with Gasteiger partial charge in [0, 0.05) is 4.83 Å². The van der Waals surface area contributed by atoms with Gasteiger partial charge in [0.05, 0.1) is 11.6 Å². The first-order chi connectivity index (χ1) is 9.03. The Bertz CT molecular complexity index is 629. The average molecular weight is 344 g/mol. The van der Waals surface area contributed by atoms with E-state index in [1.165, 1.54) is 6.07 Å². The van der Waals surface area contributed by atoms with Crippen molar-refractivity contribution in [2.24, 2.45) is 0 Å². The van der Waals surface area contributed by atoms with E-state index in [1.54, 1.807) is 18.2 Å². The zero-order valence-corrected chi connectivity index (χ0v) is 12.7. The Morgan fingerprint density at radius 1 is 1.16 bits per heavy atom.